The van der Waals surface area contributed by atoms with Gasteiger partial charge in [0.15, 0.2) is 5.16 Å². The first-order valence-corrected chi connectivity index (χ1v) is 10.8. The fourth-order valence-electron chi connectivity index (χ4n) is 3.37. The molecule has 0 saturated heterocycles. The SMILES string of the molecule is COc1ccc(-n2c(SC(C)c3nnc(-c4ccccc4)o3)nc3ccccc32)cc1. The van der Waals surface area contributed by atoms with Crippen LogP contribution in [0.1, 0.15) is 18.1 Å². The first kappa shape index (κ1) is 19.4. The van der Waals surface area contributed by atoms with Gasteiger partial charge in [-0.3, -0.25) is 4.57 Å². The van der Waals surface area contributed by atoms with Gasteiger partial charge in [0.25, 0.3) is 0 Å². The molecule has 3 aromatic carbocycles. The Morgan fingerprint density at radius 2 is 1.65 bits per heavy atom. The van der Waals surface area contributed by atoms with Crippen LogP contribution >= 0.6 is 11.8 Å². The molecule has 1 atom stereocenters. The lowest BCUT2D eigenvalue weighted by molar-refractivity contribution is 0.414. The molecule has 0 aliphatic carbocycles. The number of aromatic nitrogens is 4. The van der Waals surface area contributed by atoms with Crippen molar-refractivity contribution in [2.45, 2.75) is 17.3 Å². The molecule has 0 N–H and O–H groups in total. The van der Waals surface area contributed by atoms with E-state index in [2.05, 4.69) is 20.8 Å². The second kappa shape index (κ2) is 8.28. The van der Waals surface area contributed by atoms with Crippen LogP contribution in [0.15, 0.2) is 88.4 Å². The standard InChI is InChI=1S/C24H20N4O2S/c1-16(22-26-27-23(30-22)17-8-4-3-5-9-17)31-24-25-20-10-6-7-11-21(20)28(24)18-12-14-19(29-2)15-13-18/h3-16H,1-2H3. The van der Waals surface area contributed by atoms with Crippen LogP contribution in [0.5, 0.6) is 5.75 Å². The molecule has 2 aromatic heterocycles. The molecule has 5 rings (SSSR count). The van der Waals surface area contributed by atoms with Crippen molar-refractivity contribution in [3.63, 3.8) is 0 Å². The van der Waals surface area contributed by atoms with Gasteiger partial charge in [-0.15, -0.1) is 10.2 Å². The highest BCUT2D eigenvalue weighted by Gasteiger charge is 2.21. The molecule has 154 valence electrons. The molecule has 0 aliphatic heterocycles. The van der Waals surface area contributed by atoms with Crippen molar-refractivity contribution in [2.24, 2.45) is 0 Å². The molecule has 2 heterocycles. The Balaban J connectivity index is 1.49. The van der Waals surface area contributed by atoms with Gasteiger partial charge in [0.05, 0.1) is 23.4 Å². The van der Waals surface area contributed by atoms with Crippen molar-refractivity contribution in [2.75, 3.05) is 7.11 Å². The van der Waals surface area contributed by atoms with E-state index in [0.29, 0.717) is 11.8 Å². The number of thioether (sulfide) groups is 1. The maximum Gasteiger partial charge on any atom is 0.247 e. The molecule has 0 amide bonds. The van der Waals surface area contributed by atoms with Crippen molar-refractivity contribution in [3.8, 4) is 22.9 Å². The largest absolute Gasteiger partial charge is 0.497 e. The van der Waals surface area contributed by atoms with Crippen LogP contribution in [0.4, 0.5) is 0 Å². The number of rotatable bonds is 6. The van der Waals surface area contributed by atoms with Gasteiger partial charge in [0.1, 0.15) is 5.75 Å². The summed E-state index contributed by atoms with van der Waals surface area (Å²) in [6.45, 7) is 2.05. The van der Waals surface area contributed by atoms with Crippen molar-refractivity contribution >= 4 is 22.8 Å². The van der Waals surface area contributed by atoms with E-state index in [1.54, 1.807) is 18.9 Å². The van der Waals surface area contributed by atoms with E-state index < -0.39 is 0 Å². The Bertz CT molecular complexity index is 1310. The van der Waals surface area contributed by atoms with Gasteiger partial charge in [0.2, 0.25) is 11.8 Å². The zero-order valence-electron chi connectivity index (χ0n) is 17.1. The molecule has 7 heteroatoms. The normalized spacial score (nSPS) is 12.2. The lowest BCUT2D eigenvalue weighted by Gasteiger charge is -2.11. The predicted molar refractivity (Wildman–Crippen MR) is 122 cm³/mol. The number of imidazole rings is 1. The molecule has 0 bridgehead atoms. The van der Waals surface area contributed by atoms with Crippen LogP contribution in [-0.4, -0.2) is 26.9 Å². The number of benzene rings is 3. The van der Waals surface area contributed by atoms with Crippen molar-refractivity contribution in [1.82, 2.24) is 19.7 Å². The van der Waals surface area contributed by atoms with Crippen LogP contribution < -0.4 is 4.74 Å². The minimum atomic E-state index is -0.0706. The molecule has 0 fully saturated rings. The average molecular weight is 429 g/mol. The van der Waals surface area contributed by atoms with E-state index in [0.717, 1.165) is 33.2 Å². The van der Waals surface area contributed by atoms with Gasteiger partial charge >= 0.3 is 0 Å². The molecular formula is C24H20N4O2S. The van der Waals surface area contributed by atoms with E-state index in [9.17, 15) is 0 Å². The first-order chi connectivity index (χ1) is 15.2. The number of hydrogen-bond donors (Lipinski definition) is 0. The topological polar surface area (TPSA) is 66.0 Å². The van der Waals surface area contributed by atoms with Gasteiger partial charge < -0.3 is 9.15 Å². The van der Waals surface area contributed by atoms with E-state index in [1.807, 2.05) is 79.7 Å². The zero-order valence-corrected chi connectivity index (χ0v) is 17.9. The second-order valence-electron chi connectivity index (χ2n) is 6.99. The van der Waals surface area contributed by atoms with Crippen molar-refractivity contribution in [1.29, 1.82) is 0 Å². The van der Waals surface area contributed by atoms with Gasteiger partial charge in [-0.25, -0.2) is 4.98 Å². The quantitative estimate of drug-likeness (QED) is 0.312. The summed E-state index contributed by atoms with van der Waals surface area (Å²) in [7, 11) is 1.67. The third-order valence-electron chi connectivity index (χ3n) is 4.95. The highest BCUT2D eigenvalue weighted by Crippen LogP contribution is 2.37. The lowest BCUT2D eigenvalue weighted by atomic mass is 10.2. The minimum absolute atomic E-state index is 0.0706. The molecule has 0 spiro atoms. The zero-order chi connectivity index (χ0) is 21.2. The first-order valence-electron chi connectivity index (χ1n) is 9.90. The van der Waals surface area contributed by atoms with E-state index in [4.69, 9.17) is 14.1 Å². The van der Waals surface area contributed by atoms with Gasteiger partial charge in [-0.2, -0.15) is 0 Å². The third-order valence-corrected chi connectivity index (χ3v) is 5.99. The Labute approximate surface area is 183 Å². The Morgan fingerprint density at radius 3 is 2.42 bits per heavy atom. The van der Waals surface area contributed by atoms with E-state index in [1.165, 1.54) is 0 Å². The summed E-state index contributed by atoms with van der Waals surface area (Å²) in [5.74, 6) is 1.90. The molecular weight excluding hydrogens is 408 g/mol. The predicted octanol–water partition coefficient (Wildman–Crippen LogP) is 5.94. The van der Waals surface area contributed by atoms with Crippen LogP contribution in [0.25, 0.3) is 28.2 Å². The van der Waals surface area contributed by atoms with E-state index >= 15 is 0 Å². The van der Waals surface area contributed by atoms with Crippen molar-refractivity contribution in [3.05, 3.63) is 84.8 Å². The molecule has 5 aromatic rings. The maximum atomic E-state index is 5.96. The summed E-state index contributed by atoms with van der Waals surface area (Å²) in [5.41, 5.74) is 3.89. The monoisotopic (exact) mass is 428 g/mol. The molecule has 0 saturated carbocycles. The summed E-state index contributed by atoms with van der Waals surface area (Å²) in [6, 6.07) is 25.8. The Hall–Kier alpha value is -3.58. The van der Waals surface area contributed by atoms with Crippen LogP contribution in [-0.2, 0) is 0 Å². The summed E-state index contributed by atoms with van der Waals surface area (Å²) in [5, 5.41) is 9.29. The Kier molecular flexibility index (Phi) is 5.18. The molecule has 0 aliphatic rings. The highest BCUT2D eigenvalue weighted by molar-refractivity contribution is 7.99. The second-order valence-corrected chi connectivity index (χ2v) is 8.30. The summed E-state index contributed by atoms with van der Waals surface area (Å²) >= 11 is 1.59. The smallest absolute Gasteiger partial charge is 0.247 e. The average Bonchev–Trinajstić information content (AvgIpc) is 3.45. The van der Waals surface area contributed by atoms with Crippen molar-refractivity contribution < 1.29 is 9.15 Å². The third kappa shape index (κ3) is 3.80. The number of fused-ring (bicyclic) bond motifs is 1. The van der Waals surface area contributed by atoms with Gasteiger partial charge in [0, 0.05) is 11.3 Å². The maximum absolute atomic E-state index is 5.96. The van der Waals surface area contributed by atoms with Crippen LogP contribution in [0, 0.1) is 0 Å². The van der Waals surface area contributed by atoms with Gasteiger partial charge in [-0.1, -0.05) is 42.1 Å². The Morgan fingerprint density at radius 1 is 0.903 bits per heavy atom. The molecule has 6 nitrogen and oxygen atoms in total. The molecule has 1 unspecified atom stereocenters. The number of hydrogen-bond acceptors (Lipinski definition) is 6. The fourth-order valence-corrected chi connectivity index (χ4v) is 4.34. The highest BCUT2D eigenvalue weighted by atomic mass is 32.2. The lowest BCUT2D eigenvalue weighted by Crippen LogP contribution is -1.98. The molecule has 31 heavy (non-hydrogen) atoms. The number of nitrogens with zero attached hydrogens (tertiary/aromatic N) is 4. The fraction of sp³-hybridized carbons (Fsp3) is 0.125. The minimum Gasteiger partial charge on any atom is -0.497 e. The summed E-state index contributed by atoms with van der Waals surface area (Å²) in [6.07, 6.45) is 0. The van der Waals surface area contributed by atoms with Crippen LogP contribution in [0.2, 0.25) is 0 Å². The number of methoxy groups -OCH3 is 1. The van der Waals surface area contributed by atoms with E-state index in [-0.39, 0.29) is 5.25 Å². The summed E-state index contributed by atoms with van der Waals surface area (Å²) < 4.78 is 13.4. The molecule has 0 radical (unpaired) electrons. The van der Waals surface area contributed by atoms with Gasteiger partial charge in [-0.05, 0) is 55.5 Å². The summed E-state index contributed by atoms with van der Waals surface area (Å²) in [4.78, 5) is 4.87. The number of ether oxygens (including phenoxy) is 1. The number of para-hydroxylation sites is 2. The van der Waals surface area contributed by atoms with Crippen LogP contribution in [0.3, 0.4) is 0 Å².